The van der Waals surface area contributed by atoms with E-state index < -0.39 is 0 Å². The van der Waals surface area contributed by atoms with Crippen molar-refractivity contribution in [1.82, 2.24) is 10.6 Å². The summed E-state index contributed by atoms with van der Waals surface area (Å²) in [6.45, 7) is 3.28. The Morgan fingerprint density at radius 3 is 2.57 bits per heavy atom. The second-order valence-electron chi connectivity index (χ2n) is 5.90. The van der Waals surface area contributed by atoms with Gasteiger partial charge in [0.2, 0.25) is 0 Å². The summed E-state index contributed by atoms with van der Waals surface area (Å²) in [4.78, 5) is 12.1. The molecule has 1 aliphatic rings. The quantitative estimate of drug-likeness (QED) is 0.577. The van der Waals surface area contributed by atoms with Gasteiger partial charge in [-0.1, -0.05) is 25.7 Å². The first-order valence-corrected chi connectivity index (χ1v) is 7.98. The van der Waals surface area contributed by atoms with Gasteiger partial charge in [0.1, 0.15) is 5.75 Å². The molecular formula is C17H26N2O2. The largest absolute Gasteiger partial charge is 0.508 e. The van der Waals surface area contributed by atoms with Gasteiger partial charge in [0.25, 0.3) is 5.91 Å². The van der Waals surface area contributed by atoms with Crippen LogP contribution >= 0.6 is 0 Å². The topological polar surface area (TPSA) is 61.4 Å². The summed E-state index contributed by atoms with van der Waals surface area (Å²) < 4.78 is 0. The van der Waals surface area contributed by atoms with E-state index in [0.29, 0.717) is 18.2 Å². The average molecular weight is 290 g/mol. The maximum absolute atomic E-state index is 12.1. The molecule has 0 aromatic heterocycles. The van der Waals surface area contributed by atoms with Crippen LogP contribution in [0.5, 0.6) is 5.75 Å². The Labute approximate surface area is 126 Å². The molecule has 4 heteroatoms. The minimum atomic E-state index is -0.0739. The molecule has 1 fully saturated rings. The second-order valence-corrected chi connectivity index (χ2v) is 5.90. The number of carbonyl (C=O) groups excluding carboxylic acids is 1. The van der Waals surface area contributed by atoms with E-state index in [1.54, 1.807) is 18.2 Å². The average Bonchev–Trinajstić information content (AvgIpc) is 2.72. The monoisotopic (exact) mass is 290 g/mol. The van der Waals surface area contributed by atoms with Crippen LogP contribution in [0.1, 0.15) is 54.4 Å². The molecule has 0 spiro atoms. The third-order valence-corrected chi connectivity index (χ3v) is 4.15. The van der Waals surface area contributed by atoms with E-state index in [9.17, 15) is 9.90 Å². The lowest BCUT2D eigenvalue weighted by Crippen LogP contribution is -2.37. The molecule has 0 heterocycles. The molecule has 4 nitrogen and oxygen atoms in total. The number of aromatic hydroxyl groups is 1. The number of carbonyl (C=O) groups is 1. The maximum Gasteiger partial charge on any atom is 0.251 e. The molecule has 1 aliphatic carbocycles. The molecule has 0 atom stereocenters. The van der Waals surface area contributed by atoms with Crippen molar-refractivity contribution >= 4 is 5.91 Å². The number of hydrogen-bond acceptors (Lipinski definition) is 3. The smallest absolute Gasteiger partial charge is 0.251 e. The first-order chi connectivity index (χ1) is 10.2. The van der Waals surface area contributed by atoms with Gasteiger partial charge >= 0.3 is 0 Å². The molecule has 0 saturated heterocycles. The fourth-order valence-electron chi connectivity index (χ4n) is 2.93. The van der Waals surface area contributed by atoms with Crippen LogP contribution in [0.4, 0.5) is 0 Å². The lowest BCUT2D eigenvalue weighted by atomic mass is 10.1. The van der Waals surface area contributed by atoms with Crippen LogP contribution in [0.3, 0.4) is 0 Å². The Hall–Kier alpha value is -1.55. The van der Waals surface area contributed by atoms with Crippen molar-refractivity contribution in [3.8, 4) is 5.75 Å². The molecule has 0 bridgehead atoms. The minimum absolute atomic E-state index is 0.0739. The summed E-state index contributed by atoms with van der Waals surface area (Å²) in [5.41, 5.74) is 1.42. The van der Waals surface area contributed by atoms with Gasteiger partial charge in [0.15, 0.2) is 0 Å². The molecule has 0 unspecified atom stereocenters. The van der Waals surface area contributed by atoms with Gasteiger partial charge in [-0.25, -0.2) is 0 Å². The molecule has 2 rings (SSSR count). The van der Waals surface area contributed by atoms with E-state index in [2.05, 4.69) is 10.6 Å². The zero-order chi connectivity index (χ0) is 15.1. The van der Waals surface area contributed by atoms with Crippen molar-refractivity contribution in [1.29, 1.82) is 0 Å². The molecular weight excluding hydrogens is 264 g/mol. The van der Waals surface area contributed by atoms with Crippen LogP contribution in [0.25, 0.3) is 0 Å². The molecule has 1 saturated carbocycles. The Kier molecular flexibility index (Phi) is 6.05. The molecule has 3 N–H and O–H groups in total. The van der Waals surface area contributed by atoms with Crippen molar-refractivity contribution in [3.05, 3.63) is 29.3 Å². The van der Waals surface area contributed by atoms with E-state index >= 15 is 0 Å². The van der Waals surface area contributed by atoms with Gasteiger partial charge in [-0.3, -0.25) is 4.79 Å². The highest BCUT2D eigenvalue weighted by Gasteiger charge is 2.12. The van der Waals surface area contributed by atoms with Crippen molar-refractivity contribution in [2.75, 3.05) is 13.1 Å². The Morgan fingerprint density at radius 2 is 1.90 bits per heavy atom. The third kappa shape index (κ3) is 5.05. The summed E-state index contributed by atoms with van der Waals surface area (Å²) in [5, 5.41) is 15.8. The molecule has 21 heavy (non-hydrogen) atoms. The van der Waals surface area contributed by atoms with Gasteiger partial charge in [-0.2, -0.15) is 0 Å². The first kappa shape index (κ1) is 15.8. The summed E-state index contributed by atoms with van der Waals surface area (Å²) in [7, 11) is 0. The maximum atomic E-state index is 12.1. The van der Waals surface area contributed by atoms with Gasteiger partial charge < -0.3 is 15.7 Å². The lowest BCUT2D eigenvalue weighted by molar-refractivity contribution is 0.0953. The molecule has 1 aromatic carbocycles. The zero-order valence-electron chi connectivity index (χ0n) is 12.8. The van der Waals surface area contributed by atoms with Crippen molar-refractivity contribution < 1.29 is 9.90 Å². The van der Waals surface area contributed by atoms with E-state index in [0.717, 1.165) is 12.1 Å². The molecule has 0 aliphatic heterocycles. The number of nitrogens with one attached hydrogen (secondary N) is 2. The fraction of sp³-hybridized carbons (Fsp3) is 0.588. The number of aryl methyl sites for hydroxylation is 1. The molecule has 1 aromatic rings. The predicted molar refractivity (Wildman–Crippen MR) is 84.7 cm³/mol. The normalized spacial score (nSPS) is 16.4. The van der Waals surface area contributed by atoms with E-state index in [4.69, 9.17) is 0 Å². The number of hydrogen-bond donors (Lipinski definition) is 3. The number of rotatable bonds is 5. The van der Waals surface area contributed by atoms with E-state index in [1.165, 1.54) is 38.5 Å². The fourth-order valence-corrected chi connectivity index (χ4v) is 2.93. The first-order valence-electron chi connectivity index (χ1n) is 7.98. The molecule has 116 valence electrons. The number of amides is 1. The van der Waals surface area contributed by atoms with Crippen molar-refractivity contribution in [3.63, 3.8) is 0 Å². The van der Waals surface area contributed by atoms with E-state index in [1.807, 2.05) is 6.92 Å². The van der Waals surface area contributed by atoms with Crippen LogP contribution in [0.2, 0.25) is 0 Å². The van der Waals surface area contributed by atoms with E-state index in [-0.39, 0.29) is 11.7 Å². The predicted octanol–water partition coefficient (Wildman–Crippen LogP) is 2.74. The zero-order valence-corrected chi connectivity index (χ0v) is 12.8. The SMILES string of the molecule is Cc1cc(O)ccc1C(=O)NCCNC1CCCCCC1. The number of phenolic OH excluding ortho intramolecular Hbond substituents is 1. The second kappa shape index (κ2) is 8.03. The number of benzene rings is 1. The van der Waals surface area contributed by atoms with Crippen molar-refractivity contribution in [2.45, 2.75) is 51.5 Å². The summed E-state index contributed by atoms with van der Waals surface area (Å²) in [5.74, 6) is 0.120. The molecule has 0 radical (unpaired) electrons. The van der Waals surface area contributed by atoms with Gasteiger partial charge in [-0.15, -0.1) is 0 Å². The van der Waals surface area contributed by atoms with Gasteiger partial charge in [0, 0.05) is 24.7 Å². The van der Waals surface area contributed by atoms with Crippen LogP contribution in [-0.4, -0.2) is 30.1 Å². The minimum Gasteiger partial charge on any atom is -0.508 e. The summed E-state index contributed by atoms with van der Waals surface area (Å²) in [6, 6.07) is 5.43. The highest BCUT2D eigenvalue weighted by atomic mass is 16.3. The summed E-state index contributed by atoms with van der Waals surface area (Å²) in [6.07, 6.45) is 7.85. The number of phenols is 1. The van der Waals surface area contributed by atoms with Crippen LogP contribution in [0, 0.1) is 6.92 Å². The summed E-state index contributed by atoms with van der Waals surface area (Å²) >= 11 is 0. The van der Waals surface area contributed by atoms with Crippen LogP contribution < -0.4 is 10.6 Å². The lowest BCUT2D eigenvalue weighted by Gasteiger charge is -2.16. The van der Waals surface area contributed by atoms with Gasteiger partial charge in [0.05, 0.1) is 0 Å². The van der Waals surface area contributed by atoms with Gasteiger partial charge in [-0.05, 0) is 43.5 Å². The third-order valence-electron chi connectivity index (χ3n) is 4.15. The molecule has 1 amide bonds. The Morgan fingerprint density at radius 1 is 1.19 bits per heavy atom. The van der Waals surface area contributed by atoms with Crippen molar-refractivity contribution in [2.24, 2.45) is 0 Å². The highest BCUT2D eigenvalue weighted by molar-refractivity contribution is 5.95. The Balaban J connectivity index is 1.71. The van der Waals surface area contributed by atoms with Crippen LogP contribution in [0.15, 0.2) is 18.2 Å². The Bertz CT molecular complexity index is 466. The van der Waals surface area contributed by atoms with Crippen LogP contribution in [-0.2, 0) is 0 Å². The standard InChI is InChI=1S/C17H26N2O2/c1-13-12-15(20)8-9-16(13)17(21)19-11-10-18-14-6-4-2-3-5-7-14/h8-9,12,14,18,20H,2-7,10-11H2,1H3,(H,19,21). The highest BCUT2D eigenvalue weighted by Crippen LogP contribution is 2.17.